The van der Waals surface area contributed by atoms with Gasteiger partial charge >= 0.3 is 13.4 Å². The summed E-state index contributed by atoms with van der Waals surface area (Å²) in [6, 6.07) is 2.13. The van der Waals surface area contributed by atoms with E-state index in [2.05, 4.69) is 0 Å². The second kappa shape index (κ2) is 5.24. The molecule has 3 aliphatic heterocycles. The quantitative estimate of drug-likeness (QED) is 0.351. The van der Waals surface area contributed by atoms with E-state index >= 15 is 0 Å². The maximum Gasteiger partial charge on any atom is 0.346 e. The Morgan fingerprint density at radius 2 is 1.96 bits per heavy atom. The Labute approximate surface area is 131 Å². The number of ether oxygens (including phenoxy) is 1. The van der Waals surface area contributed by atoms with Crippen molar-refractivity contribution in [3.05, 3.63) is 33.6 Å². The van der Waals surface area contributed by atoms with E-state index < -0.39 is 30.2 Å². The molecule has 8 nitrogen and oxygen atoms in total. The van der Waals surface area contributed by atoms with Crippen molar-refractivity contribution < 1.29 is 23.1 Å². The van der Waals surface area contributed by atoms with Crippen molar-refractivity contribution in [2.45, 2.75) is 12.5 Å². The first-order valence-electron chi connectivity index (χ1n) is 7.39. The fourth-order valence-electron chi connectivity index (χ4n) is 2.69. The van der Waals surface area contributed by atoms with Gasteiger partial charge in [0.05, 0.1) is 23.7 Å². The molecule has 0 radical (unpaired) electrons. The van der Waals surface area contributed by atoms with Gasteiger partial charge in [0.1, 0.15) is 5.75 Å². The molecular formula is C13H15FN3O5P. The van der Waals surface area contributed by atoms with Gasteiger partial charge in [-0.1, -0.05) is 0 Å². The zero-order chi connectivity index (χ0) is 16.2. The highest BCUT2D eigenvalue weighted by Gasteiger charge is 2.51. The zero-order valence-corrected chi connectivity index (χ0v) is 13.1. The van der Waals surface area contributed by atoms with Crippen molar-refractivity contribution >= 4 is 13.4 Å². The molecule has 0 spiro atoms. The van der Waals surface area contributed by atoms with Crippen LogP contribution in [0.15, 0.2) is 12.1 Å². The third kappa shape index (κ3) is 2.63. The van der Waals surface area contributed by atoms with Gasteiger partial charge in [0, 0.05) is 38.2 Å². The molecule has 3 heterocycles. The lowest BCUT2D eigenvalue weighted by Crippen LogP contribution is -2.19. The minimum absolute atomic E-state index is 0.220. The van der Waals surface area contributed by atoms with Crippen molar-refractivity contribution in [2.75, 3.05) is 32.8 Å². The zero-order valence-electron chi connectivity index (χ0n) is 12.2. The number of hydrogen-bond acceptors (Lipinski definition) is 5. The molecule has 10 heteroatoms. The fraction of sp³-hybridized carbons (Fsp3) is 0.538. The van der Waals surface area contributed by atoms with Crippen LogP contribution in [0.2, 0.25) is 0 Å². The standard InChI is InChI=1S/C13H15FN3O5P/c14-10-7-9-12(1-6-21-13(9)8-11(10)17(18)19)22-23(20,15-2-3-15)16-4-5-16/h7-8,12H,1-6H2. The molecule has 0 saturated carbocycles. The lowest BCUT2D eigenvalue weighted by atomic mass is 10.0. The molecular weight excluding hydrogens is 328 g/mol. The summed E-state index contributed by atoms with van der Waals surface area (Å²) >= 11 is 0. The summed E-state index contributed by atoms with van der Waals surface area (Å²) in [5.74, 6) is -0.723. The average Bonchev–Trinajstić information content (AvgIpc) is 3.39. The van der Waals surface area contributed by atoms with Crippen molar-refractivity contribution in [1.82, 2.24) is 9.34 Å². The highest BCUT2D eigenvalue weighted by Crippen LogP contribution is 2.64. The van der Waals surface area contributed by atoms with Gasteiger partial charge in [0.2, 0.25) is 5.82 Å². The molecule has 0 amide bonds. The first kappa shape index (κ1) is 15.0. The van der Waals surface area contributed by atoms with Crippen LogP contribution < -0.4 is 4.74 Å². The summed E-state index contributed by atoms with van der Waals surface area (Å²) < 4.78 is 41.8. The van der Waals surface area contributed by atoms with Gasteiger partial charge in [-0.15, -0.1) is 0 Å². The summed E-state index contributed by atoms with van der Waals surface area (Å²) in [6.07, 6.45) is -0.170. The second-order valence-electron chi connectivity index (χ2n) is 5.73. The lowest BCUT2D eigenvalue weighted by molar-refractivity contribution is -0.387. The van der Waals surface area contributed by atoms with E-state index in [1.54, 1.807) is 9.34 Å². The Balaban J connectivity index is 1.66. The molecule has 0 aromatic heterocycles. The van der Waals surface area contributed by atoms with Gasteiger partial charge in [0.25, 0.3) is 0 Å². The molecule has 124 valence electrons. The van der Waals surface area contributed by atoms with E-state index in [4.69, 9.17) is 9.26 Å². The molecule has 1 aromatic carbocycles. The summed E-state index contributed by atoms with van der Waals surface area (Å²) in [6.45, 7) is 3.16. The SMILES string of the molecule is O=[N+]([O-])c1cc2c(cc1F)C(OP(=O)(N1CC1)N1CC1)CCO2. The molecule has 3 aliphatic rings. The van der Waals surface area contributed by atoms with Gasteiger partial charge in [-0.2, -0.15) is 4.39 Å². The van der Waals surface area contributed by atoms with E-state index in [0.29, 0.717) is 12.0 Å². The number of fused-ring (bicyclic) bond motifs is 1. The molecule has 0 bridgehead atoms. The molecule has 0 N–H and O–H groups in total. The number of rotatable bonds is 5. The highest BCUT2D eigenvalue weighted by molar-refractivity contribution is 7.54. The summed E-state index contributed by atoms with van der Waals surface area (Å²) in [4.78, 5) is 10.0. The molecule has 2 saturated heterocycles. The molecule has 2 fully saturated rings. The predicted molar refractivity (Wildman–Crippen MR) is 77.7 cm³/mol. The first-order chi connectivity index (χ1) is 11.0. The highest BCUT2D eigenvalue weighted by atomic mass is 31.2. The van der Waals surface area contributed by atoms with E-state index in [9.17, 15) is 19.1 Å². The molecule has 23 heavy (non-hydrogen) atoms. The first-order valence-corrected chi connectivity index (χ1v) is 8.92. The third-order valence-electron chi connectivity index (χ3n) is 4.09. The lowest BCUT2D eigenvalue weighted by Gasteiger charge is -2.30. The van der Waals surface area contributed by atoms with Crippen LogP contribution in [0, 0.1) is 15.9 Å². The van der Waals surface area contributed by atoms with Crippen molar-refractivity contribution in [3.63, 3.8) is 0 Å². The topological polar surface area (TPSA) is 84.7 Å². The second-order valence-corrected chi connectivity index (χ2v) is 8.05. The minimum atomic E-state index is -3.06. The summed E-state index contributed by atoms with van der Waals surface area (Å²) in [7, 11) is -3.06. The van der Waals surface area contributed by atoms with Gasteiger partial charge in [-0.05, 0) is 6.07 Å². The van der Waals surface area contributed by atoms with E-state index in [-0.39, 0.29) is 12.4 Å². The average molecular weight is 343 g/mol. The van der Waals surface area contributed by atoms with Gasteiger partial charge in [0.15, 0.2) is 0 Å². The van der Waals surface area contributed by atoms with Crippen molar-refractivity contribution in [1.29, 1.82) is 0 Å². The smallest absolute Gasteiger partial charge is 0.346 e. The van der Waals surface area contributed by atoms with Crippen LogP contribution in [0.4, 0.5) is 10.1 Å². The molecule has 1 aromatic rings. The monoisotopic (exact) mass is 343 g/mol. The molecule has 1 atom stereocenters. The van der Waals surface area contributed by atoms with E-state index in [1.807, 2.05) is 0 Å². The predicted octanol–water partition coefficient (Wildman–Crippen LogP) is 2.31. The number of nitro benzene ring substituents is 1. The van der Waals surface area contributed by atoms with Crippen LogP contribution >= 0.6 is 7.67 Å². The maximum atomic E-state index is 13.9. The Morgan fingerprint density at radius 3 is 2.52 bits per heavy atom. The van der Waals surface area contributed by atoms with Gasteiger partial charge < -0.3 is 4.74 Å². The third-order valence-corrected chi connectivity index (χ3v) is 6.85. The molecule has 4 rings (SSSR count). The van der Waals surface area contributed by atoms with E-state index in [0.717, 1.165) is 38.3 Å². The molecule has 1 unspecified atom stereocenters. The summed E-state index contributed by atoms with van der Waals surface area (Å²) in [5.41, 5.74) is -0.257. The van der Waals surface area contributed by atoms with Crippen LogP contribution in [0.1, 0.15) is 18.1 Å². The Hall–Kier alpha value is -1.54. The van der Waals surface area contributed by atoms with Crippen LogP contribution in [-0.4, -0.2) is 47.1 Å². The number of halogens is 1. The molecule has 0 aliphatic carbocycles. The fourth-order valence-corrected chi connectivity index (χ4v) is 5.05. The van der Waals surface area contributed by atoms with E-state index in [1.165, 1.54) is 0 Å². The Bertz CT molecular complexity index is 706. The van der Waals surface area contributed by atoms with Crippen LogP contribution in [-0.2, 0) is 9.09 Å². The van der Waals surface area contributed by atoms with Crippen LogP contribution in [0.3, 0.4) is 0 Å². The Kier molecular flexibility index (Phi) is 3.42. The van der Waals surface area contributed by atoms with Crippen molar-refractivity contribution in [3.8, 4) is 5.75 Å². The van der Waals surface area contributed by atoms with Gasteiger partial charge in [-0.3, -0.25) is 19.2 Å². The maximum absolute atomic E-state index is 13.9. The number of nitro groups is 1. The minimum Gasteiger partial charge on any atom is -0.493 e. The van der Waals surface area contributed by atoms with Gasteiger partial charge in [-0.25, -0.2) is 9.34 Å². The largest absolute Gasteiger partial charge is 0.493 e. The number of hydrogen-bond donors (Lipinski definition) is 0. The number of nitrogens with zero attached hydrogens (tertiary/aromatic N) is 3. The van der Waals surface area contributed by atoms with Crippen molar-refractivity contribution in [2.24, 2.45) is 0 Å². The Morgan fingerprint density at radius 1 is 1.30 bits per heavy atom. The van der Waals surface area contributed by atoms with Crippen LogP contribution in [0.5, 0.6) is 5.75 Å². The number of benzene rings is 1. The van der Waals surface area contributed by atoms with Crippen LogP contribution in [0.25, 0.3) is 0 Å². The normalized spacial score (nSPS) is 24.0. The summed E-state index contributed by atoms with van der Waals surface area (Å²) in [5, 5.41) is 10.8.